The van der Waals surface area contributed by atoms with E-state index in [4.69, 9.17) is 16.0 Å². The van der Waals surface area contributed by atoms with Gasteiger partial charge in [-0.15, -0.1) is 0 Å². The van der Waals surface area contributed by atoms with Gasteiger partial charge in [-0.25, -0.2) is 4.99 Å². The van der Waals surface area contributed by atoms with Gasteiger partial charge in [0.15, 0.2) is 5.17 Å². The van der Waals surface area contributed by atoms with E-state index in [1.165, 1.54) is 30.0 Å². The second-order valence-electron chi connectivity index (χ2n) is 6.89. The Morgan fingerprint density at radius 1 is 1.16 bits per heavy atom. The van der Waals surface area contributed by atoms with E-state index in [0.29, 0.717) is 27.2 Å². The molecule has 2 aromatic carbocycles. The smallest absolute Gasteiger partial charge is 0.270 e. The van der Waals surface area contributed by atoms with Gasteiger partial charge in [-0.1, -0.05) is 29.3 Å². The number of nitrogens with one attached hydrogen (secondary N) is 1. The number of nitro groups is 1. The summed E-state index contributed by atoms with van der Waals surface area (Å²) >= 11 is 7.39. The molecule has 0 aliphatic carbocycles. The summed E-state index contributed by atoms with van der Waals surface area (Å²) in [6.07, 6.45) is 1.62. The first-order valence-corrected chi connectivity index (χ1v) is 10.4. The van der Waals surface area contributed by atoms with E-state index in [1.54, 1.807) is 18.2 Å². The van der Waals surface area contributed by atoms with Crippen LogP contribution in [0.3, 0.4) is 0 Å². The van der Waals surface area contributed by atoms with Crippen LogP contribution in [0.4, 0.5) is 11.4 Å². The summed E-state index contributed by atoms with van der Waals surface area (Å²) in [7, 11) is 0. The Morgan fingerprint density at radius 3 is 2.68 bits per heavy atom. The second kappa shape index (κ2) is 8.41. The molecule has 1 fully saturated rings. The first kappa shape index (κ1) is 20.9. The van der Waals surface area contributed by atoms with Crippen LogP contribution in [0.5, 0.6) is 0 Å². The quantitative estimate of drug-likeness (QED) is 0.296. The van der Waals surface area contributed by atoms with Gasteiger partial charge >= 0.3 is 0 Å². The molecule has 0 radical (unpaired) electrons. The second-order valence-corrected chi connectivity index (χ2v) is 8.33. The van der Waals surface area contributed by atoms with Gasteiger partial charge < -0.3 is 9.73 Å². The van der Waals surface area contributed by atoms with Crippen LogP contribution in [0.15, 0.2) is 62.8 Å². The van der Waals surface area contributed by atoms with Crippen molar-refractivity contribution in [2.45, 2.75) is 13.8 Å². The zero-order valence-corrected chi connectivity index (χ0v) is 18.1. The number of carbonyl (C=O) groups excluding carboxylic acids is 1. The van der Waals surface area contributed by atoms with E-state index < -0.39 is 4.92 Å². The fourth-order valence-corrected chi connectivity index (χ4v) is 4.13. The van der Waals surface area contributed by atoms with Crippen molar-refractivity contribution in [2.75, 3.05) is 0 Å². The molecule has 1 saturated heterocycles. The number of nitrogens with zero attached hydrogens (tertiary/aromatic N) is 2. The summed E-state index contributed by atoms with van der Waals surface area (Å²) in [5.74, 6) is 0.633. The Labute approximate surface area is 187 Å². The molecule has 31 heavy (non-hydrogen) atoms. The lowest BCUT2D eigenvalue weighted by Crippen LogP contribution is -2.19. The van der Waals surface area contributed by atoms with Crippen LogP contribution in [0.25, 0.3) is 17.4 Å². The highest BCUT2D eigenvalue weighted by Gasteiger charge is 2.24. The van der Waals surface area contributed by atoms with Gasteiger partial charge in [0.1, 0.15) is 11.5 Å². The van der Waals surface area contributed by atoms with Crippen LogP contribution < -0.4 is 5.32 Å². The molecular formula is C22H16ClN3O4S. The van der Waals surface area contributed by atoms with Gasteiger partial charge in [-0.3, -0.25) is 14.9 Å². The Bertz CT molecular complexity index is 1280. The minimum atomic E-state index is -0.513. The number of amides is 1. The number of benzene rings is 2. The number of thioether (sulfide) groups is 1. The van der Waals surface area contributed by atoms with Crippen molar-refractivity contribution < 1.29 is 14.1 Å². The number of amidine groups is 1. The maximum Gasteiger partial charge on any atom is 0.270 e. The average molecular weight is 454 g/mol. The maximum absolute atomic E-state index is 12.3. The number of rotatable bonds is 4. The van der Waals surface area contributed by atoms with Crippen LogP contribution >= 0.6 is 23.4 Å². The van der Waals surface area contributed by atoms with E-state index in [0.717, 1.165) is 16.8 Å². The standard InChI is InChI=1S/C22H16ClN3O4S/c1-12-3-7-18(13(2)9-12)24-22-25-21(27)20(31-22)11-15-5-8-19(30-15)16-6-4-14(26(28)29)10-17(16)23/h3-11H,1-2H3,(H,24,25,27)/b20-11-. The highest BCUT2D eigenvalue weighted by atomic mass is 35.5. The molecule has 1 aliphatic rings. The molecule has 2 heterocycles. The van der Waals surface area contributed by atoms with Gasteiger partial charge in [-0.2, -0.15) is 0 Å². The molecule has 0 bridgehead atoms. The van der Waals surface area contributed by atoms with Gasteiger partial charge in [0.2, 0.25) is 0 Å². The largest absolute Gasteiger partial charge is 0.457 e. The molecule has 1 amide bonds. The third-order valence-corrected chi connectivity index (χ3v) is 5.78. The van der Waals surface area contributed by atoms with Crippen molar-refractivity contribution in [1.82, 2.24) is 5.32 Å². The van der Waals surface area contributed by atoms with Crippen LogP contribution in [0.1, 0.15) is 16.9 Å². The summed E-state index contributed by atoms with van der Waals surface area (Å²) in [5, 5.41) is 14.3. The highest BCUT2D eigenvalue weighted by Crippen LogP contribution is 2.34. The van der Waals surface area contributed by atoms with Crippen molar-refractivity contribution >= 4 is 51.9 Å². The lowest BCUT2D eigenvalue weighted by atomic mass is 10.1. The minimum Gasteiger partial charge on any atom is -0.457 e. The lowest BCUT2D eigenvalue weighted by Gasteiger charge is -2.02. The van der Waals surface area contributed by atoms with Crippen LogP contribution in [0, 0.1) is 24.0 Å². The number of non-ortho nitro benzene ring substituents is 1. The van der Waals surface area contributed by atoms with Crippen molar-refractivity contribution in [3.8, 4) is 11.3 Å². The first-order valence-electron chi connectivity index (χ1n) is 9.21. The minimum absolute atomic E-state index is 0.0997. The van der Waals surface area contributed by atoms with Gasteiger partial charge in [-0.05, 0) is 55.4 Å². The van der Waals surface area contributed by atoms with Crippen molar-refractivity contribution in [3.63, 3.8) is 0 Å². The predicted molar refractivity (Wildman–Crippen MR) is 123 cm³/mol. The van der Waals surface area contributed by atoms with Crippen molar-refractivity contribution in [2.24, 2.45) is 4.99 Å². The van der Waals surface area contributed by atoms with Gasteiger partial charge in [0, 0.05) is 23.8 Å². The summed E-state index contributed by atoms with van der Waals surface area (Å²) in [5.41, 5.74) is 3.39. The van der Waals surface area contributed by atoms with E-state index in [-0.39, 0.29) is 16.6 Å². The molecule has 7 nitrogen and oxygen atoms in total. The number of aliphatic imine (C=N–C) groups is 1. The van der Waals surface area contributed by atoms with Crippen molar-refractivity contribution in [1.29, 1.82) is 0 Å². The van der Waals surface area contributed by atoms with E-state index >= 15 is 0 Å². The SMILES string of the molecule is Cc1ccc(N=C2NC(=O)/C(=C/c3ccc(-c4ccc([N+](=O)[O-])cc4Cl)o3)S2)c(C)c1. The molecule has 1 aromatic heterocycles. The number of nitro benzene ring substituents is 1. The van der Waals surface area contributed by atoms with Crippen LogP contribution in [-0.4, -0.2) is 16.0 Å². The number of aryl methyl sites for hydroxylation is 2. The third-order valence-electron chi connectivity index (χ3n) is 4.55. The zero-order valence-electron chi connectivity index (χ0n) is 16.5. The molecule has 3 aromatic rings. The first-order chi connectivity index (χ1) is 14.8. The number of hydrogen-bond donors (Lipinski definition) is 1. The summed E-state index contributed by atoms with van der Waals surface area (Å²) in [6, 6.07) is 13.5. The summed E-state index contributed by atoms with van der Waals surface area (Å²) < 4.78 is 5.78. The molecule has 0 atom stereocenters. The molecular weight excluding hydrogens is 438 g/mol. The molecule has 4 rings (SSSR count). The predicted octanol–water partition coefficient (Wildman–Crippen LogP) is 6.02. The third kappa shape index (κ3) is 4.55. The summed E-state index contributed by atoms with van der Waals surface area (Å²) in [4.78, 5) is 27.7. The van der Waals surface area contributed by atoms with Crippen LogP contribution in [0.2, 0.25) is 5.02 Å². The van der Waals surface area contributed by atoms with E-state index in [1.807, 2.05) is 32.0 Å². The highest BCUT2D eigenvalue weighted by molar-refractivity contribution is 8.18. The Morgan fingerprint density at radius 2 is 1.97 bits per heavy atom. The summed E-state index contributed by atoms with van der Waals surface area (Å²) in [6.45, 7) is 3.98. The molecule has 156 valence electrons. The van der Waals surface area contributed by atoms with E-state index in [9.17, 15) is 14.9 Å². The number of halogens is 1. The fraction of sp³-hybridized carbons (Fsp3) is 0.0909. The lowest BCUT2D eigenvalue weighted by molar-refractivity contribution is -0.384. The van der Waals surface area contributed by atoms with E-state index in [2.05, 4.69) is 10.3 Å². The number of furan rings is 1. The fourth-order valence-electron chi connectivity index (χ4n) is 3.04. The maximum atomic E-state index is 12.3. The Hall–Kier alpha value is -3.36. The monoisotopic (exact) mass is 453 g/mol. The molecule has 1 aliphatic heterocycles. The number of carbonyl (C=O) groups is 1. The average Bonchev–Trinajstić information content (AvgIpc) is 3.31. The Balaban J connectivity index is 1.56. The van der Waals surface area contributed by atoms with Crippen molar-refractivity contribution in [3.05, 3.63) is 85.5 Å². The molecule has 0 saturated carbocycles. The Kier molecular flexibility index (Phi) is 5.67. The number of hydrogen-bond acceptors (Lipinski definition) is 6. The van der Waals surface area contributed by atoms with Gasteiger partial charge in [0.25, 0.3) is 11.6 Å². The molecule has 9 heteroatoms. The molecule has 1 N–H and O–H groups in total. The van der Waals surface area contributed by atoms with Gasteiger partial charge in [0.05, 0.1) is 20.5 Å². The molecule has 0 spiro atoms. The normalized spacial score (nSPS) is 16.2. The molecule has 0 unspecified atom stereocenters. The van der Waals surface area contributed by atoms with Crippen LogP contribution in [-0.2, 0) is 4.79 Å². The topological polar surface area (TPSA) is 97.7 Å². The zero-order chi connectivity index (χ0) is 22.1.